The van der Waals surface area contributed by atoms with E-state index in [4.69, 9.17) is 4.74 Å². The first kappa shape index (κ1) is 19.6. The molecule has 0 aliphatic carbocycles. The summed E-state index contributed by atoms with van der Waals surface area (Å²) in [5.41, 5.74) is 2.84. The van der Waals surface area contributed by atoms with Crippen molar-refractivity contribution in [2.45, 2.75) is 26.3 Å². The molecule has 1 heterocycles. The van der Waals surface area contributed by atoms with E-state index in [1.54, 1.807) is 4.90 Å². The number of nitrogens with zero attached hydrogens (tertiary/aromatic N) is 1. The highest BCUT2D eigenvalue weighted by Gasteiger charge is 2.35. The van der Waals surface area contributed by atoms with Crippen LogP contribution in [-0.4, -0.2) is 35.8 Å². The Labute approximate surface area is 164 Å². The minimum Gasteiger partial charge on any atom is -0.455 e. The zero-order valence-electron chi connectivity index (χ0n) is 15.9. The molecule has 6 nitrogen and oxygen atoms in total. The molecular weight excluding hydrogens is 356 g/mol. The third-order valence-electron chi connectivity index (χ3n) is 4.76. The Bertz CT molecular complexity index is 833. The standard InChI is InChI=1S/C22H24N2O4/c1-2-16-8-10-19(11-9-16)23-20(25)15-28-22(27)18-12-21(26)24(14-18)13-17-6-4-3-5-7-17/h3-11,18H,2,12-15H2,1H3,(H,23,25)/t18-/m0/s1. The summed E-state index contributed by atoms with van der Waals surface area (Å²) >= 11 is 0. The number of carbonyl (C=O) groups excluding carboxylic acids is 3. The molecule has 0 unspecified atom stereocenters. The van der Waals surface area contributed by atoms with Crippen LogP contribution >= 0.6 is 0 Å². The van der Waals surface area contributed by atoms with Gasteiger partial charge in [0.2, 0.25) is 5.91 Å². The smallest absolute Gasteiger partial charge is 0.311 e. The van der Waals surface area contributed by atoms with Crippen molar-refractivity contribution in [3.63, 3.8) is 0 Å². The quantitative estimate of drug-likeness (QED) is 0.750. The molecule has 3 rings (SSSR count). The number of carbonyl (C=O) groups is 3. The first-order valence-corrected chi connectivity index (χ1v) is 9.42. The predicted octanol–water partition coefficient (Wildman–Crippen LogP) is 2.78. The Morgan fingerprint density at radius 2 is 1.79 bits per heavy atom. The van der Waals surface area contributed by atoms with Crippen molar-refractivity contribution in [2.75, 3.05) is 18.5 Å². The van der Waals surface area contributed by atoms with Gasteiger partial charge in [0.05, 0.1) is 5.92 Å². The average molecular weight is 380 g/mol. The van der Waals surface area contributed by atoms with E-state index in [2.05, 4.69) is 12.2 Å². The van der Waals surface area contributed by atoms with Gasteiger partial charge in [-0.3, -0.25) is 14.4 Å². The maximum Gasteiger partial charge on any atom is 0.311 e. The van der Waals surface area contributed by atoms with Gasteiger partial charge in [-0.2, -0.15) is 0 Å². The van der Waals surface area contributed by atoms with Gasteiger partial charge in [0.1, 0.15) is 0 Å². The molecule has 1 saturated heterocycles. The minimum absolute atomic E-state index is 0.0775. The average Bonchev–Trinajstić information content (AvgIpc) is 3.08. The predicted molar refractivity (Wildman–Crippen MR) is 105 cm³/mol. The van der Waals surface area contributed by atoms with Crippen LogP contribution < -0.4 is 5.32 Å². The summed E-state index contributed by atoms with van der Waals surface area (Å²) in [6.45, 7) is 2.48. The summed E-state index contributed by atoms with van der Waals surface area (Å²) < 4.78 is 5.12. The number of nitrogens with one attached hydrogen (secondary N) is 1. The van der Waals surface area contributed by atoms with Crippen LogP contribution in [0.4, 0.5) is 5.69 Å². The van der Waals surface area contributed by atoms with Crippen molar-refractivity contribution >= 4 is 23.5 Å². The molecule has 28 heavy (non-hydrogen) atoms. The lowest BCUT2D eigenvalue weighted by atomic mass is 10.1. The number of esters is 1. The van der Waals surface area contributed by atoms with Crippen LogP contribution in [0.5, 0.6) is 0 Å². The van der Waals surface area contributed by atoms with E-state index >= 15 is 0 Å². The first-order valence-electron chi connectivity index (χ1n) is 9.42. The van der Waals surface area contributed by atoms with E-state index in [1.165, 1.54) is 5.56 Å². The van der Waals surface area contributed by atoms with Crippen LogP contribution in [0.15, 0.2) is 54.6 Å². The molecule has 1 N–H and O–H groups in total. The van der Waals surface area contributed by atoms with Gasteiger partial charge in [-0.25, -0.2) is 0 Å². The van der Waals surface area contributed by atoms with Crippen LogP contribution in [0.3, 0.4) is 0 Å². The molecule has 1 fully saturated rings. The Hall–Kier alpha value is -3.15. The molecule has 1 atom stereocenters. The molecule has 2 amide bonds. The summed E-state index contributed by atoms with van der Waals surface area (Å²) in [5.74, 6) is -1.53. The van der Waals surface area contributed by atoms with Crippen molar-refractivity contribution in [2.24, 2.45) is 5.92 Å². The monoisotopic (exact) mass is 380 g/mol. The Balaban J connectivity index is 1.45. The lowest BCUT2D eigenvalue weighted by molar-refractivity contribution is -0.151. The summed E-state index contributed by atoms with van der Waals surface area (Å²) in [5, 5.41) is 2.70. The van der Waals surface area contributed by atoms with Crippen molar-refractivity contribution in [1.82, 2.24) is 4.90 Å². The van der Waals surface area contributed by atoms with Gasteiger partial charge in [0.15, 0.2) is 6.61 Å². The maximum absolute atomic E-state index is 12.2. The summed E-state index contributed by atoms with van der Waals surface area (Å²) in [6.07, 6.45) is 1.04. The van der Waals surface area contributed by atoms with Crippen molar-refractivity contribution in [3.05, 3.63) is 65.7 Å². The molecule has 0 saturated carbocycles. The fraction of sp³-hybridized carbons (Fsp3) is 0.318. The Morgan fingerprint density at radius 3 is 2.46 bits per heavy atom. The van der Waals surface area contributed by atoms with E-state index in [0.717, 1.165) is 12.0 Å². The molecule has 0 aromatic heterocycles. The molecule has 0 radical (unpaired) electrons. The van der Waals surface area contributed by atoms with Crippen LogP contribution in [0.25, 0.3) is 0 Å². The second-order valence-electron chi connectivity index (χ2n) is 6.87. The lowest BCUT2D eigenvalue weighted by Crippen LogP contribution is -2.28. The van der Waals surface area contributed by atoms with E-state index in [-0.39, 0.29) is 18.9 Å². The van der Waals surface area contributed by atoms with Gasteiger partial charge in [-0.15, -0.1) is 0 Å². The largest absolute Gasteiger partial charge is 0.455 e. The maximum atomic E-state index is 12.2. The zero-order chi connectivity index (χ0) is 19.9. The number of aryl methyl sites for hydroxylation is 1. The number of benzene rings is 2. The number of anilines is 1. The third-order valence-corrected chi connectivity index (χ3v) is 4.76. The van der Waals surface area contributed by atoms with Crippen LogP contribution in [0.1, 0.15) is 24.5 Å². The molecule has 0 bridgehead atoms. The van der Waals surface area contributed by atoms with Crippen molar-refractivity contribution < 1.29 is 19.1 Å². The number of hydrogen-bond acceptors (Lipinski definition) is 4. The molecular formula is C22H24N2O4. The van der Waals surface area contributed by atoms with Gasteiger partial charge < -0.3 is 15.0 Å². The van der Waals surface area contributed by atoms with Gasteiger partial charge in [0, 0.05) is 25.2 Å². The highest BCUT2D eigenvalue weighted by Crippen LogP contribution is 2.21. The Kier molecular flexibility index (Phi) is 6.42. The fourth-order valence-corrected chi connectivity index (χ4v) is 3.16. The third kappa shape index (κ3) is 5.19. The zero-order valence-corrected chi connectivity index (χ0v) is 15.9. The van der Waals surface area contributed by atoms with Crippen molar-refractivity contribution in [1.29, 1.82) is 0 Å². The normalized spacial score (nSPS) is 16.1. The number of hydrogen-bond donors (Lipinski definition) is 1. The van der Waals surface area contributed by atoms with Crippen LogP contribution in [-0.2, 0) is 32.1 Å². The number of rotatable bonds is 7. The molecule has 2 aromatic rings. The highest BCUT2D eigenvalue weighted by molar-refractivity contribution is 5.93. The van der Waals surface area contributed by atoms with E-state index in [0.29, 0.717) is 18.8 Å². The van der Waals surface area contributed by atoms with E-state index in [9.17, 15) is 14.4 Å². The first-order chi connectivity index (χ1) is 13.5. The van der Waals surface area contributed by atoms with E-state index in [1.807, 2.05) is 54.6 Å². The highest BCUT2D eigenvalue weighted by atomic mass is 16.5. The number of amides is 2. The number of ether oxygens (including phenoxy) is 1. The second-order valence-corrected chi connectivity index (χ2v) is 6.87. The fourth-order valence-electron chi connectivity index (χ4n) is 3.16. The summed E-state index contributed by atoms with van der Waals surface area (Å²) in [7, 11) is 0. The molecule has 1 aliphatic rings. The van der Waals surface area contributed by atoms with E-state index < -0.39 is 17.8 Å². The summed E-state index contributed by atoms with van der Waals surface area (Å²) in [4.78, 5) is 38.1. The molecule has 146 valence electrons. The Morgan fingerprint density at radius 1 is 1.07 bits per heavy atom. The van der Waals surface area contributed by atoms with Crippen molar-refractivity contribution in [3.8, 4) is 0 Å². The van der Waals surface area contributed by atoms with Gasteiger partial charge in [0.25, 0.3) is 5.91 Å². The minimum atomic E-state index is -0.534. The lowest BCUT2D eigenvalue weighted by Gasteiger charge is -2.16. The SMILES string of the molecule is CCc1ccc(NC(=O)COC(=O)[C@H]2CC(=O)N(Cc3ccccc3)C2)cc1. The number of likely N-dealkylation sites (tertiary alicyclic amines) is 1. The molecule has 6 heteroatoms. The topological polar surface area (TPSA) is 75.7 Å². The molecule has 2 aromatic carbocycles. The van der Waals surface area contributed by atoms with Gasteiger partial charge >= 0.3 is 5.97 Å². The van der Waals surface area contributed by atoms with Gasteiger partial charge in [-0.1, -0.05) is 49.4 Å². The molecule has 0 spiro atoms. The van der Waals surface area contributed by atoms with Crippen LogP contribution in [0, 0.1) is 5.92 Å². The van der Waals surface area contributed by atoms with Crippen LogP contribution in [0.2, 0.25) is 0 Å². The van der Waals surface area contributed by atoms with Gasteiger partial charge in [-0.05, 0) is 29.7 Å². The summed E-state index contributed by atoms with van der Waals surface area (Å²) in [6, 6.07) is 17.1. The molecule has 1 aliphatic heterocycles. The second kappa shape index (κ2) is 9.17.